The van der Waals surface area contributed by atoms with E-state index in [0.717, 1.165) is 31.7 Å². The number of hydrogen-bond donors (Lipinski definition) is 0. The summed E-state index contributed by atoms with van der Waals surface area (Å²) in [6.07, 6.45) is 5.59. The van der Waals surface area contributed by atoms with Crippen molar-refractivity contribution in [1.82, 2.24) is 0 Å². The molecule has 0 bridgehead atoms. The maximum Gasteiger partial charge on any atom is 0.0581 e. The van der Waals surface area contributed by atoms with Gasteiger partial charge in [0.05, 0.1) is 6.10 Å². The van der Waals surface area contributed by atoms with E-state index in [2.05, 4.69) is 6.92 Å². The Morgan fingerprint density at radius 1 is 1.23 bits per heavy atom. The summed E-state index contributed by atoms with van der Waals surface area (Å²) >= 11 is 0. The van der Waals surface area contributed by atoms with Gasteiger partial charge in [-0.05, 0) is 37.5 Å². The van der Waals surface area contributed by atoms with Crippen molar-refractivity contribution in [2.24, 2.45) is 11.8 Å². The first kappa shape index (κ1) is 9.47. The number of rotatable bonds is 2. The molecule has 2 aliphatic rings. The molecule has 0 N–H and O–H groups in total. The van der Waals surface area contributed by atoms with Gasteiger partial charge in [-0.1, -0.05) is 6.92 Å². The largest absolute Gasteiger partial charge is 0.381 e. The van der Waals surface area contributed by atoms with Gasteiger partial charge in [0, 0.05) is 19.8 Å². The summed E-state index contributed by atoms with van der Waals surface area (Å²) in [6.45, 7) is 5.19. The smallest absolute Gasteiger partial charge is 0.0581 e. The van der Waals surface area contributed by atoms with Crippen molar-refractivity contribution in [1.29, 1.82) is 0 Å². The minimum atomic E-state index is 0.554. The molecule has 2 nitrogen and oxygen atoms in total. The van der Waals surface area contributed by atoms with Gasteiger partial charge in [0.15, 0.2) is 0 Å². The lowest BCUT2D eigenvalue weighted by Crippen LogP contribution is -2.20. The fraction of sp³-hybridized carbons (Fsp3) is 1.00. The van der Waals surface area contributed by atoms with Gasteiger partial charge in [0.1, 0.15) is 0 Å². The molecule has 76 valence electrons. The average Bonchev–Trinajstić information content (AvgIpc) is 2.53. The van der Waals surface area contributed by atoms with Crippen molar-refractivity contribution in [3.05, 3.63) is 0 Å². The molecule has 0 aliphatic carbocycles. The normalized spacial score (nSPS) is 36.7. The van der Waals surface area contributed by atoms with Gasteiger partial charge in [-0.25, -0.2) is 0 Å². The van der Waals surface area contributed by atoms with Gasteiger partial charge in [0.25, 0.3) is 0 Å². The van der Waals surface area contributed by atoms with Crippen LogP contribution in [0.25, 0.3) is 0 Å². The summed E-state index contributed by atoms with van der Waals surface area (Å²) in [6, 6.07) is 0. The van der Waals surface area contributed by atoms with Crippen LogP contribution in [0.2, 0.25) is 0 Å². The van der Waals surface area contributed by atoms with Crippen molar-refractivity contribution >= 4 is 0 Å². The van der Waals surface area contributed by atoms with Crippen molar-refractivity contribution < 1.29 is 9.47 Å². The molecule has 2 unspecified atom stereocenters. The van der Waals surface area contributed by atoms with Crippen LogP contribution in [0.4, 0.5) is 0 Å². The standard InChI is InChI=1S/C11H20O2/c1-9-6-11(13-8-9)7-10-2-4-12-5-3-10/h9-11H,2-8H2,1H3. The van der Waals surface area contributed by atoms with Crippen LogP contribution in [0.3, 0.4) is 0 Å². The molecule has 0 saturated carbocycles. The zero-order valence-corrected chi connectivity index (χ0v) is 8.50. The van der Waals surface area contributed by atoms with Crippen LogP contribution in [-0.4, -0.2) is 25.9 Å². The second-order valence-corrected chi connectivity index (χ2v) is 4.59. The average molecular weight is 184 g/mol. The highest BCUT2D eigenvalue weighted by molar-refractivity contribution is 4.75. The van der Waals surface area contributed by atoms with E-state index in [1.54, 1.807) is 0 Å². The van der Waals surface area contributed by atoms with E-state index >= 15 is 0 Å². The Balaban J connectivity index is 1.71. The Kier molecular flexibility index (Phi) is 3.23. The molecule has 0 spiro atoms. The fourth-order valence-electron chi connectivity index (χ4n) is 2.40. The molecule has 0 radical (unpaired) electrons. The van der Waals surface area contributed by atoms with E-state index in [4.69, 9.17) is 9.47 Å². The van der Waals surface area contributed by atoms with E-state index in [-0.39, 0.29) is 0 Å². The molecule has 2 heterocycles. The Labute approximate surface area is 80.6 Å². The summed E-state index contributed by atoms with van der Waals surface area (Å²) in [5, 5.41) is 0. The Bertz CT molecular complexity index is 149. The van der Waals surface area contributed by atoms with Gasteiger partial charge in [0.2, 0.25) is 0 Å². The molecule has 2 fully saturated rings. The third-order valence-corrected chi connectivity index (χ3v) is 3.22. The van der Waals surface area contributed by atoms with Crippen molar-refractivity contribution in [3.8, 4) is 0 Å². The summed E-state index contributed by atoms with van der Waals surface area (Å²) in [5.74, 6) is 1.65. The minimum Gasteiger partial charge on any atom is -0.381 e. The Morgan fingerprint density at radius 3 is 2.62 bits per heavy atom. The summed E-state index contributed by atoms with van der Waals surface area (Å²) in [4.78, 5) is 0. The molecule has 2 aliphatic heterocycles. The van der Waals surface area contributed by atoms with Gasteiger partial charge in [-0.15, -0.1) is 0 Å². The predicted octanol–water partition coefficient (Wildman–Crippen LogP) is 2.23. The maximum absolute atomic E-state index is 5.73. The number of hydrogen-bond acceptors (Lipinski definition) is 2. The van der Waals surface area contributed by atoms with E-state index in [1.165, 1.54) is 25.7 Å². The molecule has 13 heavy (non-hydrogen) atoms. The third-order valence-electron chi connectivity index (χ3n) is 3.22. The minimum absolute atomic E-state index is 0.554. The van der Waals surface area contributed by atoms with Crippen LogP contribution in [0.15, 0.2) is 0 Å². The van der Waals surface area contributed by atoms with Gasteiger partial charge in [-0.2, -0.15) is 0 Å². The predicted molar refractivity (Wildman–Crippen MR) is 51.7 cm³/mol. The van der Waals surface area contributed by atoms with E-state index in [0.29, 0.717) is 6.10 Å². The Morgan fingerprint density at radius 2 is 2.00 bits per heavy atom. The molecule has 2 heteroatoms. The summed E-state index contributed by atoms with van der Waals surface area (Å²) < 4.78 is 11.1. The molecule has 0 amide bonds. The number of ether oxygens (including phenoxy) is 2. The van der Waals surface area contributed by atoms with Gasteiger partial charge >= 0.3 is 0 Å². The molecular weight excluding hydrogens is 164 g/mol. The molecule has 2 atom stereocenters. The molecular formula is C11H20O2. The summed E-state index contributed by atoms with van der Waals surface area (Å²) in [7, 11) is 0. The first-order chi connectivity index (χ1) is 6.34. The lowest BCUT2D eigenvalue weighted by atomic mass is 9.91. The van der Waals surface area contributed by atoms with Crippen molar-refractivity contribution in [3.63, 3.8) is 0 Å². The monoisotopic (exact) mass is 184 g/mol. The molecule has 2 saturated heterocycles. The highest BCUT2D eigenvalue weighted by Gasteiger charge is 2.25. The zero-order chi connectivity index (χ0) is 9.10. The van der Waals surface area contributed by atoms with E-state index < -0.39 is 0 Å². The zero-order valence-electron chi connectivity index (χ0n) is 8.50. The van der Waals surface area contributed by atoms with Crippen LogP contribution in [0, 0.1) is 11.8 Å². The molecule has 0 aromatic carbocycles. The SMILES string of the molecule is CC1COC(CC2CCOCC2)C1. The molecule has 0 aromatic rings. The topological polar surface area (TPSA) is 18.5 Å². The third kappa shape index (κ3) is 2.68. The first-order valence-electron chi connectivity index (χ1n) is 5.54. The van der Waals surface area contributed by atoms with Crippen LogP contribution >= 0.6 is 0 Å². The Hall–Kier alpha value is -0.0800. The van der Waals surface area contributed by atoms with Crippen molar-refractivity contribution in [2.45, 2.75) is 38.7 Å². The lowest BCUT2D eigenvalue weighted by Gasteiger charge is -2.24. The van der Waals surface area contributed by atoms with Crippen LogP contribution in [0.5, 0.6) is 0 Å². The summed E-state index contributed by atoms with van der Waals surface area (Å²) in [5.41, 5.74) is 0. The fourth-order valence-corrected chi connectivity index (χ4v) is 2.40. The van der Waals surface area contributed by atoms with Gasteiger partial charge < -0.3 is 9.47 Å². The van der Waals surface area contributed by atoms with E-state index in [9.17, 15) is 0 Å². The van der Waals surface area contributed by atoms with E-state index in [1.807, 2.05) is 0 Å². The quantitative estimate of drug-likeness (QED) is 0.655. The lowest BCUT2D eigenvalue weighted by molar-refractivity contribution is 0.0336. The maximum atomic E-state index is 5.73. The highest BCUT2D eigenvalue weighted by Crippen LogP contribution is 2.28. The second kappa shape index (κ2) is 4.43. The van der Waals surface area contributed by atoms with Crippen molar-refractivity contribution in [2.75, 3.05) is 19.8 Å². The molecule has 2 rings (SSSR count). The second-order valence-electron chi connectivity index (χ2n) is 4.59. The van der Waals surface area contributed by atoms with Gasteiger partial charge in [-0.3, -0.25) is 0 Å². The first-order valence-corrected chi connectivity index (χ1v) is 5.54. The van der Waals surface area contributed by atoms with Crippen LogP contribution in [0.1, 0.15) is 32.6 Å². The van der Waals surface area contributed by atoms with Crippen LogP contribution in [-0.2, 0) is 9.47 Å². The van der Waals surface area contributed by atoms with Crippen LogP contribution < -0.4 is 0 Å². The highest BCUT2D eigenvalue weighted by atomic mass is 16.5. The molecule has 0 aromatic heterocycles.